The Balaban J connectivity index is 1.38. The van der Waals surface area contributed by atoms with Gasteiger partial charge < -0.3 is 10.1 Å². The van der Waals surface area contributed by atoms with E-state index >= 15 is 0 Å². The smallest absolute Gasteiger partial charge is 0.327 e. The number of esters is 1. The first-order chi connectivity index (χ1) is 22.2. The topological polar surface area (TPSA) is 139 Å². The van der Waals surface area contributed by atoms with Crippen molar-refractivity contribution in [2.75, 3.05) is 11.9 Å². The normalized spacial score (nSPS) is 16.6. The lowest BCUT2D eigenvalue weighted by Crippen LogP contribution is -2.27. The van der Waals surface area contributed by atoms with Crippen LogP contribution >= 0.6 is 11.6 Å². The Morgan fingerprint density at radius 2 is 1.89 bits per heavy atom. The third kappa shape index (κ3) is 6.34. The van der Waals surface area contributed by atoms with Gasteiger partial charge in [-0.2, -0.15) is 10.2 Å². The van der Waals surface area contributed by atoms with E-state index in [0.717, 1.165) is 22.4 Å². The van der Waals surface area contributed by atoms with E-state index in [1.54, 1.807) is 59.4 Å². The Kier molecular flexibility index (Phi) is 8.80. The number of amides is 1. The maximum atomic E-state index is 13.8. The van der Waals surface area contributed by atoms with Crippen LogP contribution in [-0.2, 0) is 27.9 Å². The number of hydrogen-bond donors (Lipinski definition) is 1. The molecular formula is C33H33ClN8O4. The zero-order valence-electron chi connectivity index (χ0n) is 25.7. The summed E-state index contributed by atoms with van der Waals surface area (Å²) in [5.74, 6) is -0.698. The van der Waals surface area contributed by atoms with Crippen LogP contribution in [0.5, 0.6) is 0 Å². The van der Waals surface area contributed by atoms with Gasteiger partial charge in [0.15, 0.2) is 0 Å². The number of aryl methyl sites for hydroxylation is 1. The number of carbonyl (C=O) groups is 2. The number of carbonyl (C=O) groups excluding carboxylic acids is 2. The second-order valence-corrected chi connectivity index (χ2v) is 11.7. The molecule has 1 N–H and O–H groups in total. The molecule has 0 saturated carbocycles. The zero-order valence-corrected chi connectivity index (χ0v) is 26.4. The molecule has 0 spiro atoms. The highest BCUT2D eigenvalue weighted by Gasteiger charge is 2.24. The molecule has 4 aromatic heterocycles. The van der Waals surface area contributed by atoms with Gasteiger partial charge in [-0.05, 0) is 49.6 Å². The van der Waals surface area contributed by atoms with Crippen molar-refractivity contribution < 1.29 is 14.3 Å². The summed E-state index contributed by atoms with van der Waals surface area (Å²) in [7, 11) is 1.82. The second kappa shape index (κ2) is 13.1. The van der Waals surface area contributed by atoms with Crippen LogP contribution in [0, 0.1) is 5.92 Å². The number of rotatable bonds is 6. The van der Waals surface area contributed by atoms with Gasteiger partial charge in [0.1, 0.15) is 6.54 Å². The van der Waals surface area contributed by atoms with Crippen molar-refractivity contribution in [2.24, 2.45) is 13.0 Å². The van der Waals surface area contributed by atoms with Crippen molar-refractivity contribution in [3.05, 3.63) is 88.6 Å². The Morgan fingerprint density at radius 1 is 1.04 bits per heavy atom. The maximum Gasteiger partial charge on any atom is 0.327 e. The molecule has 5 heterocycles. The SMILES string of the molecule is CCOC(=O)Cn1cc(-c2ccc(Cl)cc2-c2cc(=O)n([C@H]3CCC[C@@H](C)C(=O)Nc4cnn(C)c4-c4ccnc3c4)cn2)cn1. The van der Waals surface area contributed by atoms with E-state index in [2.05, 4.69) is 20.5 Å². The van der Waals surface area contributed by atoms with Crippen LogP contribution in [0.2, 0.25) is 5.02 Å². The second-order valence-electron chi connectivity index (χ2n) is 11.3. The number of anilines is 1. The average molecular weight is 641 g/mol. The van der Waals surface area contributed by atoms with Gasteiger partial charge in [-0.25, -0.2) is 4.98 Å². The fraction of sp³-hybridized carbons (Fsp3) is 0.303. The third-order valence-electron chi connectivity index (χ3n) is 8.12. The summed E-state index contributed by atoms with van der Waals surface area (Å²) in [6.07, 6.45) is 10.2. The lowest BCUT2D eigenvalue weighted by molar-refractivity contribution is -0.144. The molecule has 5 aromatic rings. The summed E-state index contributed by atoms with van der Waals surface area (Å²) in [5, 5.41) is 12.2. The summed E-state index contributed by atoms with van der Waals surface area (Å²) >= 11 is 6.41. The first kappa shape index (κ1) is 30.9. The summed E-state index contributed by atoms with van der Waals surface area (Å²) in [4.78, 5) is 48.2. The van der Waals surface area contributed by atoms with E-state index in [4.69, 9.17) is 21.3 Å². The van der Waals surface area contributed by atoms with E-state index < -0.39 is 6.04 Å². The highest BCUT2D eigenvalue weighted by molar-refractivity contribution is 6.31. The van der Waals surface area contributed by atoms with Crippen molar-refractivity contribution >= 4 is 29.2 Å². The first-order valence-corrected chi connectivity index (χ1v) is 15.5. The molecule has 0 saturated heterocycles. The monoisotopic (exact) mass is 640 g/mol. The lowest BCUT2D eigenvalue weighted by atomic mass is 9.96. The lowest BCUT2D eigenvalue weighted by Gasteiger charge is -2.22. The van der Waals surface area contributed by atoms with E-state index in [-0.39, 0.29) is 36.5 Å². The average Bonchev–Trinajstić information content (AvgIpc) is 3.65. The quantitative estimate of drug-likeness (QED) is 0.252. The minimum Gasteiger partial charge on any atom is -0.465 e. The van der Waals surface area contributed by atoms with Crippen LogP contribution < -0.4 is 10.9 Å². The van der Waals surface area contributed by atoms with Crippen molar-refractivity contribution in [1.29, 1.82) is 0 Å². The van der Waals surface area contributed by atoms with Gasteiger partial charge >= 0.3 is 5.97 Å². The van der Waals surface area contributed by atoms with Gasteiger partial charge in [0, 0.05) is 53.1 Å². The molecule has 236 valence electrons. The molecule has 0 fully saturated rings. The molecule has 13 heteroatoms. The Bertz CT molecular complexity index is 1980. The van der Waals surface area contributed by atoms with Crippen LogP contribution in [0.4, 0.5) is 5.69 Å². The van der Waals surface area contributed by atoms with Crippen molar-refractivity contribution in [3.63, 3.8) is 0 Å². The molecular weight excluding hydrogens is 608 g/mol. The molecule has 1 aliphatic heterocycles. The summed E-state index contributed by atoms with van der Waals surface area (Å²) in [6.45, 7) is 3.91. The van der Waals surface area contributed by atoms with Gasteiger partial charge in [-0.1, -0.05) is 31.0 Å². The Morgan fingerprint density at radius 3 is 2.70 bits per heavy atom. The molecule has 12 nitrogen and oxygen atoms in total. The van der Waals surface area contributed by atoms with Crippen LogP contribution in [0.1, 0.15) is 44.8 Å². The number of benzene rings is 1. The summed E-state index contributed by atoms with van der Waals surface area (Å²) in [5.41, 5.74) is 5.22. The minimum atomic E-state index is -0.416. The summed E-state index contributed by atoms with van der Waals surface area (Å²) < 4.78 is 9.84. The molecule has 46 heavy (non-hydrogen) atoms. The molecule has 2 atom stereocenters. The number of nitrogens with one attached hydrogen (secondary N) is 1. The van der Waals surface area contributed by atoms with E-state index in [9.17, 15) is 14.4 Å². The highest BCUT2D eigenvalue weighted by Crippen LogP contribution is 2.34. The molecule has 1 aromatic carbocycles. The third-order valence-corrected chi connectivity index (χ3v) is 8.36. The van der Waals surface area contributed by atoms with E-state index in [1.165, 1.54) is 10.7 Å². The van der Waals surface area contributed by atoms with E-state index in [0.29, 0.717) is 46.9 Å². The predicted octanol–water partition coefficient (Wildman–Crippen LogP) is 5.13. The van der Waals surface area contributed by atoms with Gasteiger partial charge in [0.05, 0.1) is 54.1 Å². The number of hydrogen-bond acceptors (Lipinski definition) is 8. The summed E-state index contributed by atoms with van der Waals surface area (Å²) in [6, 6.07) is 10.2. The number of nitrogens with zero attached hydrogens (tertiary/aromatic N) is 7. The number of aromatic nitrogens is 7. The van der Waals surface area contributed by atoms with Gasteiger partial charge in [0.25, 0.3) is 5.56 Å². The highest BCUT2D eigenvalue weighted by atomic mass is 35.5. The number of halogens is 1. The standard InChI is InChI=1S/C33H33ClN8O4/c1-4-46-31(44)18-41-17-22(15-38-41)24-9-8-23(34)13-25(24)26-14-30(43)42(19-36-26)29-7-5-6-20(2)33(45)39-28-16-37-40(3)32(28)21-10-11-35-27(29)12-21/h8-17,19-20,29H,4-7,18H2,1-3H3,(H,39,45)/t20-,29+/m1/s1. The van der Waals surface area contributed by atoms with Crippen molar-refractivity contribution in [1.82, 2.24) is 34.1 Å². The van der Waals surface area contributed by atoms with Gasteiger partial charge in [-0.15, -0.1) is 0 Å². The van der Waals surface area contributed by atoms with Gasteiger partial charge in [0.2, 0.25) is 5.91 Å². The first-order valence-electron chi connectivity index (χ1n) is 15.1. The molecule has 6 rings (SSSR count). The number of pyridine rings is 1. The van der Waals surface area contributed by atoms with Crippen molar-refractivity contribution in [2.45, 2.75) is 45.7 Å². The largest absolute Gasteiger partial charge is 0.465 e. The maximum absolute atomic E-state index is 13.8. The van der Waals surface area contributed by atoms with Crippen molar-refractivity contribution in [3.8, 4) is 33.6 Å². The fourth-order valence-corrected chi connectivity index (χ4v) is 5.95. The molecule has 0 unspecified atom stereocenters. The minimum absolute atomic E-state index is 0.0208. The molecule has 0 aliphatic carbocycles. The van der Waals surface area contributed by atoms with Crippen LogP contribution in [0.15, 0.2) is 72.3 Å². The molecule has 1 aliphatic rings. The molecule has 1 amide bonds. The number of ether oxygens (including phenoxy) is 1. The van der Waals surface area contributed by atoms with Crippen LogP contribution in [0.25, 0.3) is 33.6 Å². The van der Waals surface area contributed by atoms with Crippen LogP contribution in [0.3, 0.4) is 0 Å². The number of fused-ring (bicyclic) bond motifs is 4. The zero-order chi connectivity index (χ0) is 32.4. The Hall–Kier alpha value is -5.10. The fourth-order valence-electron chi connectivity index (χ4n) is 5.78. The predicted molar refractivity (Wildman–Crippen MR) is 173 cm³/mol. The van der Waals surface area contributed by atoms with E-state index in [1.807, 2.05) is 32.2 Å². The van der Waals surface area contributed by atoms with Gasteiger partial charge in [-0.3, -0.25) is 33.3 Å². The molecule has 2 bridgehead atoms. The Labute approximate surface area is 270 Å². The molecule has 0 radical (unpaired) electrons. The van der Waals surface area contributed by atoms with Crippen LogP contribution in [-0.4, -0.2) is 52.6 Å².